The predicted molar refractivity (Wildman–Crippen MR) is 188 cm³/mol. The number of nitrogens with two attached hydrogens (primary N) is 3. The number of aliphatic imine (C=N–C) groups is 1. The first-order valence-electron chi connectivity index (χ1n) is 16.3. The fourth-order valence-electron chi connectivity index (χ4n) is 4.29. The Morgan fingerprint density at radius 3 is 2.19 bits per heavy atom. The van der Waals surface area contributed by atoms with Crippen LogP contribution >= 0.6 is 11.6 Å². The molecular formula is C32H55ClN8O7. The van der Waals surface area contributed by atoms with Crippen molar-refractivity contribution in [3.8, 4) is 5.75 Å². The van der Waals surface area contributed by atoms with E-state index in [-0.39, 0.29) is 35.0 Å². The van der Waals surface area contributed by atoms with Crippen molar-refractivity contribution < 1.29 is 35.1 Å². The Balaban J connectivity index is 0.000000524. The van der Waals surface area contributed by atoms with Crippen LogP contribution in [0.25, 0.3) is 0 Å². The van der Waals surface area contributed by atoms with Crippen LogP contribution in [-0.2, 0) is 6.42 Å². The van der Waals surface area contributed by atoms with Gasteiger partial charge in [0.2, 0.25) is 0 Å². The molecule has 0 radical (unpaired) electrons. The van der Waals surface area contributed by atoms with E-state index in [4.69, 9.17) is 38.6 Å². The summed E-state index contributed by atoms with van der Waals surface area (Å²) < 4.78 is 5.80. The van der Waals surface area contributed by atoms with Gasteiger partial charge < -0.3 is 47.5 Å². The molecule has 0 aliphatic heterocycles. The van der Waals surface area contributed by atoms with Crippen LogP contribution < -0.4 is 27.3 Å². The lowest BCUT2D eigenvalue weighted by atomic mass is 10.0. The zero-order chi connectivity index (χ0) is 36.1. The molecule has 0 aliphatic rings. The number of guanidine groups is 1. The third-order valence-corrected chi connectivity index (χ3v) is 7.54. The van der Waals surface area contributed by atoms with Crippen molar-refractivity contribution in [3.63, 3.8) is 0 Å². The van der Waals surface area contributed by atoms with Gasteiger partial charge in [0.15, 0.2) is 28.4 Å². The van der Waals surface area contributed by atoms with Crippen molar-refractivity contribution >= 4 is 35.1 Å². The van der Waals surface area contributed by atoms with Crippen molar-refractivity contribution in [2.45, 2.75) is 90.1 Å². The number of nitrogens with one attached hydrogen (secondary N) is 1. The number of ether oxygens (including phenoxy) is 1. The normalized spacial score (nSPS) is 14.1. The minimum atomic E-state index is -1.61. The molecule has 1 aromatic carbocycles. The molecule has 1 heterocycles. The van der Waals surface area contributed by atoms with Gasteiger partial charge in [-0.15, -0.1) is 0 Å². The van der Waals surface area contributed by atoms with Crippen LogP contribution in [0, 0.1) is 0 Å². The van der Waals surface area contributed by atoms with Gasteiger partial charge in [-0.3, -0.25) is 20.0 Å². The van der Waals surface area contributed by atoms with Crippen LogP contribution in [0.4, 0.5) is 11.6 Å². The summed E-state index contributed by atoms with van der Waals surface area (Å²) in [6.07, 6.45) is 1.26. The molecule has 0 fully saturated rings. The molecule has 272 valence electrons. The summed E-state index contributed by atoms with van der Waals surface area (Å²) in [5.41, 5.74) is 17.6. The average molecular weight is 699 g/mol. The van der Waals surface area contributed by atoms with Gasteiger partial charge in [0, 0.05) is 19.6 Å². The van der Waals surface area contributed by atoms with Gasteiger partial charge in [0.25, 0.3) is 5.91 Å². The van der Waals surface area contributed by atoms with Gasteiger partial charge in [0.1, 0.15) is 30.7 Å². The van der Waals surface area contributed by atoms with Crippen LogP contribution in [-0.4, -0.2) is 116 Å². The molecule has 0 saturated heterocycles. The molecule has 0 bridgehead atoms. The van der Waals surface area contributed by atoms with E-state index in [1.54, 1.807) is 0 Å². The number of aliphatic hydroxyl groups excluding tert-OH is 5. The number of halogens is 1. The third kappa shape index (κ3) is 16.2. The maximum absolute atomic E-state index is 11.8. The topological polar surface area (TPSA) is 259 Å². The van der Waals surface area contributed by atoms with Gasteiger partial charge in [-0.05, 0) is 43.5 Å². The van der Waals surface area contributed by atoms with Crippen LogP contribution in [0.3, 0.4) is 0 Å². The van der Waals surface area contributed by atoms with Crippen LogP contribution in [0.2, 0.25) is 5.15 Å². The SMILES string of the molecule is CCCCCCN(CCOc1ccc(CC)cc1)CC(O)C(O)C(O)C(O)CO.CCCCN=C(N)NC(=O)c1nc(Cl)c(N)nc1N. The number of hydrogen-bond donors (Lipinski definition) is 9. The zero-order valence-corrected chi connectivity index (χ0v) is 29.0. The molecule has 1 aromatic heterocycles. The molecule has 4 unspecified atom stereocenters. The number of carbonyl (C=O) groups excluding carboxylic acids is 1. The number of anilines is 2. The molecule has 0 spiro atoms. The Morgan fingerprint density at radius 1 is 0.938 bits per heavy atom. The van der Waals surface area contributed by atoms with Gasteiger partial charge >= 0.3 is 0 Å². The molecular weight excluding hydrogens is 644 g/mol. The van der Waals surface area contributed by atoms with Gasteiger partial charge in [-0.1, -0.05) is 70.2 Å². The Labute approximate surface area is 288 Å². The van der Waals surface area contributed by atoms with E-state index < -0.39 is 36.9 Å². The number of amides is 1. The highest BCUT2D eigenvalue weighted by atomic mass is 35.5. The Morgan fingerprint density at radius 2 is 1.58 bits per heavy atom. The Kier molecular flexibility index (Phi) is 21.3. The van der Waals surface area contributed by atoms with Crippen molar-refractivity contribution in [1.82, 2.24) is 20.2 Å². The van der Waals surface area contributed by atoms with E-state index in [9.17, 15) is 25.2 Å². The number of hydrogen-bond acceptors (Lipinski definition) is 13. The maximum atomic E-state index is 11.8. The van der Waals surface area contributed by atoms with E-state index >= 15 is 0 Å². The second kappa shape index (κ2) is 23.9. The van der Waals surface area contributed by atoms with E-state index in [1.807, 2.05) is 36.1 Å². The predicted octanol–water partition coefficient (Wildman–Crippen LogP) is 1.09. The van der Waals surface area contributed by atoms with Crippen LogP contribution in [0.5, 0.6) is 5.75 Å². The van der Waals surface area contributed by atoms with Crippen molar-refractivity contribution in [2.75, 3.05) is 50.9 Å². The molecule has 2 aromatic rings. The fraction of sp³-hybridized carbons (Fsp3) is 0.625. The summed E-state index contributed by atoms with van der Waals surface area (Å²) in [6.45, 7) is 7.99. The highest BCUT2D eigenvalue weighted by Crippen LogP contribution is 2.17. The van der Waals surface area contributed by atoms with Gasteiger partial charge in [0.05, 0.1) is 12.7 Å². The largest absolute Gasteiger partial charge is 0.492 e. The van der Waals surface area contributed by atoms with E-state index in [2.05, 4.69) is 34.1 Å². The summed E-state index contributed by atoms with van der Waals surface area (Å²) in [5.74, 6) is -0.0199. The quantitative estimate of drug-likeness (QED) is 0.0533. The Hall–Kier alpha value is -3.31. The highest BCUT2D eigenvalue weighted by molar-refractivity contribution is 6.31. The van der Waals surface area contributed by atoms with E-state index in [1.165, 1.54) is 5.56 Å². The highest BCUT2D eigenvalue weighted by Gasteiger charge is 2.31. The molecule has 0 aliphatic carbocycles. The first kappa shape index (κ1) is 42.7. The van der Waals surface area contributed by atoms with Crippen molar-refractivity contribution in [3.05, 3.63) is 40.7 Å². The summed E-state index contributed by atoms with van der Waals surface area (Å²) in [6, 6.07) is 7.95. The molecule has 12 N–H and O–H groups in total. The minimum absolute atomic E-state index is 0.00685. The molecule has 0 saturated carbocycles. The lowest BCUT2D eigenvalue weighted by Gasteiger charge is -2.30. The number of aromatic nitrogens is 2. The summed E-state index contributed by atoms with van der Waals surface area (Å²) >= 11 is 5.67. The van der Waals surface area contributed by atoms with Gasteiger partial charge in [-0.2, -0.15) is 0 Å². The number of rotatable bonds is 20. The molecule has 2 rings (SSSR count). The number of unbranched alkanes of at least 4 members (excludes halogenated alkanes) is 4. The molecule has 1 amide bonds. The molecule has 15 nitrogen and oxygen atoms in total. The maximum Gasteiger partial charge on any atom is 0.280 e. The third-order valence-electron chi connectivity index (χ3n) is 7.26. The smallest absolute Gasteiger partial charge is 0.280 e. The second-order valence-electron chi connectivity index (χ2n) is 11.2. The minimum Gasteiger partial charge on any atom is -0.492 e. The van der Waals surface area contributed by atoms with Crippen LogP contribution in [0.1, 0.15) is 75.3 Å². The lowest BCUT2D eigenvalue weighted by molar-refractivity contribution is -0.119. The number of aryl methyl sites for hydroxylation is 1. The van der Waals surface area contributed by atoms with Crippen molar-refractivity contribution in [1.29, 1.82) is 0 Å². The standard InChI is InChI=1S/C22H39NO6.C10H16ClN7O/c1-3-5-6-7-12-23(15-19(25)21(27)22(28)20(26)16-24)13-14-29-18-10-8-17(4-2)9-11-18;1-2-3-4-15-10(14)18-9(19)5-7(12)17-8(13)6(11)16-5/h8-11,19-22,24-28H,3-7,12-16H2,1-2H3;2-4H2,1H3,(H4,12,13,17)(H3,14,15,18,19). The van der Waals surface area contributed by atoms with Gasteiger partial charge in [-0.25, -0.2) is 9.97 Å². The first-order chi connectivity index (χ1) is 22.9. The first-order valence-corrected chi connectivity index (χ1v) is 16.7. The molecule has 4 atom stereocenters. The molecule has 48 heavy (non-hydrogen) atoms. The number of aliphatic hydroxyl groups is 5. The van der Waals surface area contributed by atoms with E-state index in [0.29, 0.717) is 19.7 Å². The number of nitrogens with zero attached hydrogens (tertiary/aromatic N) is 4. The lowest BCUT2D eigenvalue weighted by Crippen LogP contribution is -2.50. The number of carbonyl (C=O) groups is 1. The monoisotopic (exact) mass is 698 g/mol. The summed E-state index contributed by atoms with van der Waals surface area (Å²) in [7, 11) is 0. The summed E-state index contributed by atoms with van der Waals surface area (Å²) in [5, 5.41) is 50.8. The fourth-order valence-corrected chi connectivity index (χ4v) is 4.41. The van der Waals surface area contributed by atoms with Crippen molar-refractivity contribution in [2.24, 2.45) is 10.7 Å². The zero-order valence-electron chi connectivity index (χ0n) is 28.3. The number of benzene rings is 1. The van der Waals surface area contributed by atoms with E-state index in [0.717, 1.165) is 57.2 Å². The number of nitrogen functional groups attached to an aromatic ring is 2. The Bertz CT molecular complexity index is 1230. The summed E-state index contributed by atoms with van der Waals surface area (Å²) in [4.78, 5) is 25.2. The van der Waals surface area contributed by atoms with Crippen LogP contribution in [0.15, 0.2) is 29.3 Å². The molecule has 16 heteroatoms. The second-order valence-corrected chi connectivity index (χ2v) is 11.6. The average Bonchev–Trinajstić information content (AvgIpc) is 3.07.